The van der Waals surface area contributed by atoms with Crippen LogP contribution in [0.25, 0.3) is 0 Å². The number of esters is 1. The first kappa shape index (κ1) is 21.5. The zero-order valence-electron chi connectivity index (χ0n) is 18.0. The van der Waals surface area contributed by atoms with E-state index in [4.69, 9.17) is 4.74 Å². The van der Waals surface area contributed by atoms with Gasteiger partial charge < -0.3 is 10.1 Å². The molecular weight excluding hydrogens is 396 g/mol. The summed E-state index contributed by atoms with van der Waals surface area (Å²) in [5.41, 5.74) is 0.742. The molecule has 0 radical (unpaired) electrons. The lowest BCUT2D eigenvalue weighted by molar-refractivity contribution is -0.125. The molecule has 166 valence electrons. The molecule has 0 bridgehead atoms. The number of hydrogen-bond acceptors (Lipinski definition) is 5. The molecule has 3 amide bonds. The quantitative estimate of drug-likeness (QED) is 0.575. The summed E-state index contributed by atoms with van der Waals surface area (Å²) >= 11 is 0. The molecule has 0 unspecified atom stereocenters. The van der Waals surface area contributed by atoms with Gasteiger partial charge in [-0.2, -0.15) is 0 Å². The minimum absolute atomic E-state index is 0.0672. The Morgan fingerprint density at radius 2 is 1.65 bits per heavy atom. The van der Waals surface area contributed by atoms with E-state index in [9.17, 15) is 19.2 Å². The number of hydrogen-bond donors (Lipinski definition) is 1. The van der Waals surface area contributed by atoms with E-state index in [2.05, 4.69) is 12.2 Å². The predicted octanol–water partition coefficient (Wildman–Crippen LogP) is 3.47. The molecule has 0 spiro atoms. The second-order valence-corrected chi connectivity index (χ2v) is 9.04. The van der Waals surface area contributed by atoms with E-state index in [0.717, 1.165) is 51.4 Å². The van der Waals surface area contributed by atoms with Gasteiger partial charge in [0.15, 0.2) is 6.61 Å². The number of amides is 3. The van der Waals surface area contributed by atoms with Gasteiger partial charge in [0.05, 0.1) is 16.7 Å². The van der Waals surface area contributed by atoms with E-state index in [0.29, 0.717) is 11.5 Å². The third-order valence-electron chi connectivity index (χ3n) is 6.89. The van der Waals surface area contributed by atoms with Crippen molar-refractivity contribution in [2.24, 2.45) is 5.92 Å². The minimum Gasteiger partial charge on any atom is -0.452 e. The molecule has 1 N–H and O–H groups in total. The first-order valence-corrected chi connectivity index (χ1v) is 11.4. The van der Waals surface area contributed by atoms with Crippen molar-refractivity contribution >= 4 is 23.7 Å². The van der Waals surface area contributed by atoms with Crippen molar-refractivity contribution in [3.63, 3.8) is 0 Å². The molecule has 2 saturated carbocycles. The lowest BCUT2D eigenvalue weighted by Crippen LogP contribution is -2.42. The van der Waals surface area contributed by atoms with E-state index >= 15 is 0 Å². The Morgan fingerprint density at radius 3 is 2.39 bits per heavy atom. The summed E-state index contributed by atoms with van der Waals surface area (Å²) in [5, 5.41) is 2.95. The average molecular weight is 427 g/mol. The van der Waals surface area contributed by atoms with Crippen LogP contribution in [0.3, 0.4) is 0 Å². The van der Waals surface area contributed by atoms with E-state index in [1.165, 1.54) is 29.5 Å². The first-order valence-electron chi connectivity index (χ1n) is 11.4. The van der Waals surface area contributed by atoms with Crippen LogP contribution in [-0.4, -0.2) is 47.3 Å². The lowest BCUT2D eigenvalue weighted by Gasteiger charge is -2.29. The Kier molecular flexibility index (Phi) is 6.39. The number of benzene rings is 1. The third kappa shape index (κ3) is 4.50. The van der Waals surface area contributed by atoms with Crippen LogP contribution in [0.15, 0.2) is 18.2 Å². The van der Waals surface area contributed by atoms with Gasteiger partial charge in [-0.15, -0.1) is 0 Å². The Hall–Kier alpha value is -2.70. The molecule has 2 fully saturated rings. The number of imide groups is 1. The van der Waals surface area contributed by atoms with Crippen molar-refractivity contribution in [1.82, 2.24) is 10.2 Å². The molecule has 1 aliphatic heterocycles. The smallest absolute Gasteiger partial charge is 0.338 e. The summed E-state index contributed by atoms with van der Waals surface area (Å²) < 4.78 is 5.17. The van der Waals surface area contributed by atoms with Gasteiger partial charge in [0.2, 0.25) is 0 Å². The van der Waals surface area contributed by atoms with Gasteiger partial charge in [0.25, 0.3) is 17.7 Å². The SMILES string of the molecule is C[C@@H]1CCCC[C@@H]1NC(=O)COC(=O)c1ccc2c(c1)C(=O)N(C1CCCCC1)C2=O. The molecule has 2 atom stereocenters. The fraction of sp³-hybridized carbons (Fsp3) is 0.583. The van der Waals surface area contributed by atoms with Gasteiger partial charge in [-0.25, -0.2) is 4.79 Å². The highest BCUT2D eigenvalue weighted by molar-refractivity contribution is 6.22. The van der Waals surface area contributed by atoms with Crippen LogP contribution in [0, 0.1) is 5.92 Å². The maximum Gasteiger partial charge on any atom is 0.338 e. The standard InChI is InChI=1S/C24H30N2O5/c1-15-7-5-6-10-20(15)25-21(27)14-31-24(30)16-11-12-18-19(13-16)23(29)26(22(18)28)17-8-3-2-4-9-17/h11-13,15,17,20H,2-10,14H2,1H3,(H,25,27)/t15-,20+/m1/s1. The second-order valence-electron chi connectivity index (χ2n) is 9.04. The van der Waals surface area contributed by atoms with Crippen molar-refractivity contribution in [2.75, 3.05) is 6.61 Å². The molecule has 0 saturated heterocycles. The van der Waals surface area contributed by atoms with Gasteiger partial charge in [0, 0.05) is 12.1 Å². The van der Waals surface area contributed by atoms with E-state index in [1.54, 1.807) is 0 Å². The van der Waals surface area contributed by atoms with Gasteiger partial charge in [-0.3, -0.25) is 19.3 Å². The van der Waals surface area contributed by atoms with Crippen molar-refractivity contribution in [1.29, 1.82) is 0 Å². The molecule has 3 aliphatic rings. The fourth-order valence-corrected chi connectivity index (χ4v) is 5.05. The number of nitrogens with one attached hydrogen (secondary N) is 1. The molecular formula is C24H30N2O5. The van der Waals surface area contributed by atoms with Gasteiger partial charge in [-0.05, 0) is 49.8 Å². The summed E-state index contributed by atoms with van der Waals surface area (Å²) in [6, 6.07) is 4.47. The van der Waals surface area contributed by atoms with E-state index < -0.39 is 5.97 Å². The number of nitrogens with zero attached hydrogens (tertiary/aromatic N) is 1. The molecule has 1 heterocycles. The van der Waals surface area contributed by atoms with Crippen LogP contribution >= 0.6 is 0 Å². The highest BCUT2D eigenvalue weighted by Gasteiger charge is 2.40. The van der Waals surface area contributed by atoms with Crippen molar-refractivity contribution in [3.05, 3.63) is 34.9 Å². The molecule has 1 aromatic carbocycles. The molecule has 1 aromatic rings. The number of carbonyl (C=O) groups is 4. The Bertz CT molecular complexity index is 890. The molecule has 7 nitrogen and oxygen atoms in total. The van der Waals surface area contributed by atoms with E-state index in [1.807, 2.05) is 0 Å². The first-order chi connectivity index (χ1) is 15.0. The van der Waals surface area contributed by atoms with Gasteiger partial charge >= 0.3 is 5.97 Å². The molecule has 0 aromatic heterocycles. The van der Waals surface area contributed by atoms with Crippen molar-refractivity contribution in [3.8, 4) is 0 Å². The molecule has 31 heavy (non-hydrogen) atoms. The minimum atomic E-state index is -0.675. The topological polar surface area (TPSA) is 92.8 Å². The zero-order valence-corrected chi connectivity index (χ0v) is 18.0. The van der Waals surface area contributed by atoms with Crippen LogP contribution in [0.5, 0.6) is 0 Å². The zero-order chi connectivity index (χ0) is 22.0. The molecule has 2 aliphatic carbocycles. The lowest BCUT2D eigenvalue weighted by atomic mass is 9.86. The summed E-state index contributed by atoms with van der Waals surface area (Å²) in [5.74, 6) is -1.20. The highest BCUT2D eigenvalue weighted by atomic mass is 16.5. The van der Waals surface area contributed by atoms with Crippen LogP contribution in [0.4, 0.5) is 0 Å². The summed E-state index contributed by atoms with van der Waals surface area (Å²) in [6.07, 6.45) is 9.11. The normalized spacial score (nSPS) is 24.1. The maximum atomic E-state index is 12.9. The number of ether oxygens (including phenoxy) is 1. The monoisotopic (exact) mass is 426 g/mol. The number of rotatable bonds is 5. The Morgan fingerprint density at radius 1 is 0.968 bits per heavy atom. The second kappa shape index (κ2) is 9.20. The van der Waals surface area contributed by atoms with Crippen LogP contribution in [0.1, 0.15) is 95.8 Å². The predicted molar refractivity (Wildman–Crippen MR) is 114 cm³/mol. The van der Waals surface area contributed by atoms with Crippen LogP contribution in [0.2, 0.25) is 0 Å². The maximum absolute atomic E-state index is 12.9. The third-order valence-corrected chi connectivity index (χ3v) is 6.89. The number of carbonyl (C=O) groups excluding carboxylic acids is 4. The Balaban J connectivity index is 1.37. The molecule has 4 rings (SSSR count). The van der Waals surface area contributed by atoms with Gasteiger partial charge in [0.1, 0.15) is 0 Å². The average Bonchev–Trinajstić information content (AvgIpc) is 3.04. The van der Waals surface area contributed by atoms with Crippen molar-refractivity contribution < 1.29 is 23.9 Å². The Labute approximate surface area is 182 Å². The molecule has 7 heteroatoms. The summed E-state index contributed by atoms with van der Waals surface area (Å²) in [6.45, 7) is 1.76. The van der Waals surface area contributed by atoms with Gasteiger partial charge in [-0.1, -0.05) is 39.0 Å². The van der Waals surface area contributed by atoms with Crippen LogP contribution in [-0.2, 0) is 9.53 Å². The van der Waals surface area contributed by atoms with Crippen molar-refractivity contribution in [2.45, 2.75) is 76.8 Å². The van der Waals surface area contributed by atoms with Crippen LogP contribution < -0.4 is 5.32 Å². The summed E-state index contributed by atoms with van der Waals surface area (Å²) in [7, 11) is 0. The number of fused-ring (bicyclic) bond motifs is 1. The van der Waals surface area contributed by atoms with E-state index in [-0.39, 0.29) is 47.5 Å². The largest absolute Gasteiger partial charge is 0.452 e. The summed E-state index contributed by atoms with van der Waals surface area (Å²) in [4.78, 5) is 51.7. The highest BCUT2D eigenvalue weighted by Crippen LogP contribution is 2.31. The fourth-order valence-electron chi connectivity index (χ4n) is 5.05.